The zero-order valence-electron chi connectivity index (χ0n) is 18.3. The van der Waals surface area contributed by atoms with Crippen molar-refractivity contribution >= 4 is 11.8 Å². The number of aromatic nitrogens is 1. The number of aliphatic hydroxyl groups excluding tert-OH is 1. The molecule has 30 heavy (non-hydrogen) atoms. The first-order chi connectivity index (χ1) is 14.3. The normalized spacial score (nSPS) is 37.0. The van der Waals surface area contributed by atoms with Gasteiger partial charge in [-0.25, -0.2) is 0 Å². The summed E-state index contributed by atoms with van der Waals surface area (Å²) in [6, 6.07) is 3.80. The topological polar surface area (TPSA) is 91.3 Å². The van der Waals surface area contributed by atoms with Crippen molar-refractivity contribution in [2.45, 2.75) is 77.5 Å². The Labute approximate surface area is 179 Å². The Kier molecular flexibility index (Phi) is 5.88. The molecule has 6 nitrogen and oxygen atoms in total. The molecule has 0 spiro atoms. The van der Waals surface area contributed by atoms with Gasteiger partial charge in [-0.05, 0) is 73.8 Å². The molecular weight excluding hydrogens is 378 g/mol. The number of carbonyl (C=O) groups excluding carboxylic acids is 2. The van der Waals surface area contributed by atoms with E-state index in [4.69, 9.17) is 0 Å². The standard InChI is InChI=1S/C24H35N3O3/c1-14(22(29)26-17-4-5-17)18-6-10-24(3)11-7-19(15(2)20(24)21(18)28)27-23(30)16-8-12-25-13-9-16/h8-9,12-15,17-21,28H,4-7,10-11H2,1-3H3,(H,26,29)(H,27,30)/t14-,15+,18-,19-,20+,21-,24-/m0/s1. The van der Waals surface area contributed by atoms with Gasteiger partial charge in [0.15, 0.2) is 0 Å². The van der Waals surface area contributed by atoms with E-state index >= 15 is 0 Å². The van der Waals surface area contributed by atoms with Gasteiger partial charge in [0.1, 0.15) is 0 Å². The minimum Gasteiger partial charge on any atom is -0.392 e. The van der Waals surface area contributed by atoms with Gasteiger partial charge in [0.25, 0.3) is 5.91 Å². The Morgan fingerprint density at radius 2 is 1.80 bits per heavy atom. The van der Waals surface area contributed by atoms with Gasteiger partial charge in [-0.15, -0.1) is 0 Å². The Morgan fingerprint density at radius 1 is 1.13 bits per heavy atom. The molecule has 6 heteroatoms. The Morgan fingerprint density at radius 3 is 2.47 bits per heavy atom. The Hall–Kier alpha value is -1.95. The van der Waals surface area contributed by atoms with Crippen molar-refractivity contribution in [1.29, 1.82) is 0 Å². The fraction of sp³-hybridized carbons (Fsp3) is 0.708. The van der Waals surface area contributed by atoms with Crippen molar-refractivity contribution in [2.24, 2.45) is 29.1 Å². The highest BCUT2D eigenvalue weighted by Crippen LogP contribution is 2.55. The molecule has 3 N–H and O–H groups in total. The molecule has 1 aromatic heterocycles. The molecule has 7 atom stereocenters. The highest BCUT2D eigenvalue weighted by Gasteiger charge is 2.54. The zero-order chi connectivity index (χ0) is 21.5. The van der Waals surface area contributed by atoms with E-state index in [-0.39, 0.29) is 46.9 Å². The molecule has 0 aromatic carbocycles. The van der Waals surface area contributed by atoms with Crippen LogP contribution >= 0.6 is 0 Å². The van der Waals surface area contributed by atoms with Crippen LogP contribution in [0.15, 0.2) is 24.5 Å². The van der Waals surface area contributed by atoms with Gasteiger partial charge in [-0.3, -0.25) is 14.6 Å². The predicted molar refractivity (Wildman–Crippen MR) is 115 cm³/mol. The number of aliphatic hydroxyl groups is 1. The lowest BCUT2D eigenvalue weighted by Crippen LogP contribution is -2.58. The number of amides is 2. The lowest BCUT2D eigenvalue weighted by atomic mass is 9.51. The number of pyridine rings is 1. The fourth-order valence-corrected chi connectivity index (χ4v) is 6.01. The Balaban J connectivity index is 1.46. The molecule has 2 amide bonds. The summed E-state index contributed by atoms with van der Waals surface area (Å²) in [6.45, 7) is 6.40. The van der Waals surface area contributed by atoms with E-state index in [0.29, 0.717) is 11.6 Å². The monoisotopic (exact) mass is 413 g/mol. The van der Waals surface area contributed by atoms with Gasteiger partial charge >= 0.3 is 0 Å². The van der Waals surface area contributed by atoms with E-state index in [1.807, 2.05) is 6.92 Å². The largest absolute Gasteiger partial charge is 0.392 e. The van der Waals surface area contributed by atoms with E-state index in [2.05, 4.69) is 29.5 Å². The molecule has 0 saturated heterocycles. The first-order valence-corrected chi connectivity index (χ1v) is 11.5. The van der Waals surface area contributed by atoms with Gasteiger partial charge < -0.3 is 15.7 Å². The maximum absolute atomic E-state index is 12.7. The quantitative estimate of drug-likeness (QED) is 0.692. The molecule has 1 heterocycles. The van der Waals surface area contributed by atoms with Gasteiger partial charge in [0.05, 0.1) is 6.10 Å². The van der Waals surface area contributed by atoms with Crippen molar-refractivity contribution in [1.82, 2.24) is 15.6 Å². The van der Waals surface area contributed by atoms with Crippen LogP contribution in [-0.2, 0) is 4.79 Å². The van der Waals surface area contributed by atoms with Crippen LogP contribution in [0.25, 0.3) is 0 Å². The number of rotatable bonds is 5. The summed E-state index contributed by atoms with van der Waals surface area (Å²) in [7, 11) is 0. The van der Waals surface area contributed by atoms with Crippen molar-refractivity contribution in [3.05, 3.63) is 30.1 Å². The van der Waals surface area contributed by atoms with Crippen LogP contribution in [-0.4, -0.2) is 40.1 Å². The van der Waals surface area contributed by atoms with Crippen LogP contribution in [0.2, 0.25) is 0 Å². The molecule has 0 bridgehead atoms. The molecule has 164 valence electrons. The molecular formula is C24H35N3O3. The third kappa shape index (κ3) is 4.11. The zero-order valence-corrected chi connectivity index (χ0v) is 18.3. The second-order valence-electron chi connectivity index (χ2n) is 10.2. The van der Waals surface area contributed by atoms with Crippen LogP contribution in [0.4, 0.5) is 0 Å². The summed E-state index contributed by atoms with van der Waals surface area (Å²) in [6.07, 6.45) is 8.67. The molecule has 1 aromatic rings. The summed E-state index contributed by atoms with van der Waals surface area (Å²) in [5.41, 5.74) is 0.665. The SMILES string of the molecule is C[C@H]1[C@@H]2[C@@H](O)[C@H]([C@H](C)C(=O)NC3CC3)CC[C@@]2(C)CC[C@@H]1NC(=O)c1ccncc1. The number of hydrogen-bond acceptors (Lipinski definition) is 4. The van der Waals surface area contributed by atoms with Crippen LogP contribution < -0.4 is 10.6 Å². The van der Waals surface area contributed by atoms with E-state index in [9.17, 15) is 14.7 Å². The minimum absolute atomic E-state index is 0.0211. The number of fused-ring (bicyclic) bond motifs is 1. The minimum atomic E-state index is -0.528. The number of nitrogens with one attached hydrogen (secondary N) is 2. The smallest absolute Gasteiger partial charge is 0.251 e. The summed E-state index contributed by atoms with van der Waals surface area (Å²) >= 11 is 0. The number of hydrogen-bond donors (Lipinski definition) is 3. The molecule has 3 aliphatic rings. The molecule has 3 saturated carbocycles. The van der Waals surface area contributed by atoms with Crippen LogP contribution in [0, 0.1) is 29.1 Å². The Bertz CT molecular complexity index is 781. The van der Waals surface area contributed by atoms with E-state index < -0.39 is 6.10 Å². The van der Waals surface area contributed by atoms with E-state index in [0.717, 1.165) is 38.5 Å². The maximum atomic E-state index is 12.7. The van der Waals surface area contributed by atoms with Crippen molar-refractivity contribution < 1.29 is 14.7 Å². The molecule has 0 radical (unpaired) electrons. The van der Waals surface area contributed by atoms with Gasteiger partial charge in [0.2, 0.25) is 5.91 Å². The third-order valence-corrected chi connectivity index (χ3v) is 8.13. The van der Waals surface area contributed by atoms with Crippen molar-refractivity contribution in [3.63, 3.8) is 0 Å². The average molecular weight is 414 g/mol. The highest BCUT2D eigenvalue weighted by atomic mass is 16.3. The summed E-state index contributed by atoms with van der Waals surface area (Å²) < 4.78 is 0. The molecule has 0 unspecified atom stereocenters. The summed E-state index contributed by atoms with van der Waals surface area (Å²) in [5, 5.41) is 17.7. The third-order valence-electron chi connectivity index (χ3n) is 8.13. The van der Waals surface area contributed by atoms with Crippen LogP contribution in [0.3, 0.4) is 0 Å². The van der Waals surface area contributed by atoms with Crippen molar-refractivity contribution in [2.75, 3.05) is 0 Å². The second-order valence-corrected chi connectivity index (χ2v) is 10.2. The maximum Gasteiger partial charge on any atom is 0.251 e. The molecule has 0 aliphatic heterocycles. The van der Waals surface area contributed by atoms with Gasteiger partial charge in [-0.1, -0.05) is 20.8 Å². The molecule has 4 rings (SSSR count). The van der Waals surface area contributed by atoms with Crippen LogP contribution in [0.1, 0.15) is 69.7 Å². The van der Waals surface area contributed by atoms with Gasteiger partial charge in [-0.2, -0.15) is 0 Å². The molecule has 3 fully saturated rings. The molecule has 3 aliphatic carbocycles. The van der Waals surface area contributed by atoms with Crippen LogP contribution in [0.5, 0.6) is 0 Å². The number of carbonyl (C=O) groups is 2. The second kappa shape index (κ2) is 8.29. The van der Waals surface area contributed by atoms with E-state index in [1.54, 1.807) is 24.5 Å². The van der Waals surface area contributed by atoms with Gasteiger partial charge in [0, 0.05) is 36.0 Å². The average Bonchev–Trinajstić information content (AvgIpc) is 3.54. The first-order valence-electron chi connectivity index (χ1n) is 11.5. The number of nitrogens with zero attached hydrogens (tertiary/aromatic N) is 1. The first kappa shape index (κ1) is 21.3. The predicted octanol–water partition coefficient (Wildman–Crippen LogP) is 2.92. The van der Waals surface area contributed by atoms with E-state index in [1.165, 1.54) is 0 Å². The lowest BCUT2D eigenvalue weighted by Gasteiger charge is -2.56. The van der Waals surface area contributed by atoms with Crippen molar-refractivity contribution in [3.8, 4) is 0 Å². The summed E-state index contributed by atoms with van der Waals surface area (Å²) in [4.78, 5) is 29.3. The fourth-order valence-electron chi connectivity index (χ4n) is 6.01. The summed E-state index contributed by atoms with van der Waals surface area (Å²) in [5.74, 6) is -0.00829. The lowest BCUT2D eigenvalue weighted by molar-refractivity contribution is -0.142. The highest BCUT2D eigenvalue weighted by molar-refractivity contribution is 5.94.